The van der Waals surface area contributed by atoms with E-state index in [2.05, 4.69) is 15.2 Å². The molecule has 0 aromatic carbocycles. The Kier molecular flexibility index (Phi) is 3.40. The van der Waals surface area contributed by atoms with Crippen LogP contribution in [0.25, 0.3) is 11.3 Å². The number of pyridine rings is 1. The van der Waals surface area contributed by atoms with E-state index in [1.165, 1.54) is 6.20 Å². The van der Waals surface area contributed by atoms with Crippen molar-refractivity contribution in [1.29, 1.82) is 0 Å². The Morgan fingerprint density at radius 2 is 2.00 bits per heavy atom. The van der Waals surface area contributed by atoms with E-state index >= 15 is 0 Å². The second kappa shape index (κ2) is 4.61. The number of aromatic nitrogens is 3. The van der Waals surface area contributed by atoms with Crippen LogP contribution in [0, 0.1) is 0 Å². The topological polar surface area (TPSA) is 75.7 Å². The second-order valence-electron chi connectivity index (χ2n) is 5.06. The maximum Gasteiger partial charge on any atom is 0.200 e. The number of hydrogen-bond acceptors (Lipinski definition) is 4. The molecule has 0 spiro atoms. The predicted octanol–water partition coefficient (Wildman–Crippen LogP) is 2.70. The average molecular weight is 300 g/mol. The lowest BCUT2D eigenvalue weighted by Gasteiger charge is -2.18. The van der Waals surface area contributed by atoms with Crippen molar-refractivity contribution in [3.05, 3.63) is 29.5 Å². The average Bonchev–Trinajstić information content (AvgIpc) is 2.77. The molecule has 5 nitrogen and oxygen atoms in total. The minimum Gasteiger partial charge on any atom is -0.267 e. The van der Waals surface area contributed by atoms with Gasteiger partial charge in [0.25, 0.3) is 0 Å². The Morgan fingerprint density at radius 3 is 2.58 bits per heavy atom. The van der Waals surface area contributed by atoms with Gasteiger partial charge in [0.15, 0.2) is 5.03 Å². The largest absolute Gasteiger partial charge is 0.267 e. The lowest BCUT2D eigenvalue weighted by atomic mass is 10.2. The number of sulfone groups is 1. The highest BCUT2D eigenvalue weighted by atomic mass is 35.5. The molecule has 102 valence electrons. The summed E-state index contributed by atoms with van der Waals surface area (Å²) < 4.78 is 24.0. The van der Waals surface area contributed by atoms with Crippen molar-refractivity contribution in [2.24, 2.45) is 0 Å². The van der Waals surface area contributed by atoms with E-state index in [4.69, 9.17) is 11.6 Å². The van der Waals surface area contributed by atoms with Crippen LogP contribution in [-0.2, 0) is 9.84 Å². The Morgan fingerprint density at radius 1 is 1.32 bits per heavy atom. The molecule has 2 aromatic rings. The van der Waals surface area contributed by atoms with Gasteiger partial charge in [-0.25, -0.2) is 8.42 Å². The van der Waals surface area contributed by atoms with E-state index in [9.17, 15) is 8.42 Å². The van der Waals surface area contributed by atoms with Crippen molar-refractivity contribution < 1.29 is 8.42 Å². The fraction of sp³-hybridized carbons (Fsp3) is 0.333. The summed E-state index contributed by atoms with van der Waals surface area (Å²) in [5.41, 5.74) is 0.793. The number of hydrogen-bond donors (Lipinski definition) is 1. The summed E-state index contributed by atoms with van der Waals surface area (Å²) in [6.07, 6.45) is 2.98. The predicted molar refractivity (Wildman–Crippen MR) is 73.8 cm³/mol. The normalized spacial score (nSPS) is 12.6. The van der Waals surface area contributed by atoms with Crippen molar-refractivity contribution in [1.82, 2.24) is 15.2 Å². The lowest BCUT2D eigenvalue weighted by molar-refractivity contribution is 0.556. The minimum absolute atomic E-state index is 0.0422. The molecule has 0 aliphatic carbocycles. The van der Waals surface area contributed by atoms with E-state index in [0.717, 1.165) is 0 Å². The first-order chi connectivity index (χ1) is 8.75. The van der Waals surface area contributed by atoms with Crippen LogP contribution in [0.1, 0.15) is 20.8 Å². The van der Waals surface area contributed by atoms with Gasteiger partial charge in [0, 0.05) is 6.20 Å². The van der Waals surface area contributed by atoms with Crippen LogP contribution in [0.4, 0.5) is 0 Å². The van der Waals surface area contributed by atoms with E-state index < -0.39 is 14.6 Å². The summed E-state index contributed by atoms with van der Waals surface area (Å²) in [5.74, 6) is 0. The summed E-state index contributed by atoms with van der Waals surface area (Å²) >= 11 is 6.05. The minimum atomic E-state index is -3.55. The fourth-order valence-corrected chi connectivity index (χ4v) is 2.99. The van der Waals surface area contributed by atoms with Gasteiger partial charge in [-0.1, -0.05) is 11.6 Å². The van der Waals surface area contributed by atoms with Crippen LogP contribution in [-0.4, -0.2) is 28.3 Å². The summed E-state index contributed by atoms with van der Waals surface area (Å²) in [4.78, 5) is 4.12. The molecule has 0 aliphatic heterocycles. The Balaban J connectivity index is 2.67. The van der Waals surface area contributed by atoms with Crippen molar-refractivity contribution in [3.63, 3.8) is 0 Å². The third-order valence-corrected chi connectivity index (χ3v) is 5.46. The van der Waals surface area contributed by atoms with E-state index in [-0.39, 0.29) is 5.03 Å². The SMILES string of the molecule is CC(C)(C)S(=O)(=O)c1[nH]ncc1-c1ncccc1Cl. The molecule has 0 radical (unpaired) electrons. The van der Waals surface area contributed by atoms with Gasteiger partial charge in [0.2, 0.25) is 9.84 Å². The molecule has 0 fully saturated rings. The molecular formula is C12H14ClN3O2S. The molecule has 2 heterocycles. The third-order valence-electron chi connectivity index (χ3n) is 2.69. The lowest BCUT2D eigenvalue weighted by Crippen LogP contribution is -2.28. The zero-order valence-electron chi connectivity index (χ0n) is 10.8. The van der Waals surface area contributed by atoms with Gasteiger partial charge in [0.1, 0.15) is 0 Å². The van der Waals surface area contributed by atoms with Crippen molar-refractivity contribution in [2.75, 3.05) is 0 Å². The maximum atomic E-state index is 12.5. The molecule has 2 aromatic heterocycles. The summed E-state index contributed by atoms with van der Waals surface area (Å²) in [6.45, 7) is 4.90. The van der Waals surface area contributed by atoms with Crippen LogP contribution >= 0.6 is 11.6 Å². The standard InChI is InChI=1S/C12H14ClN3O2S/c1-12(2,3)19(17,18)11-8(7-15-16-11)10-9(13)5-4-6-14-10/h4-7H,1-3H3,(H,15,16). The van der Waals surface area contributed by atoms with Crippen molar-refractivity contribution >= 4 is 21.4 Å². The maximum absolute atomic E-state index is 12.5. The highest BCUT2D eigenvalue weighted by Crippen LogP contribution is 2.33. The molecule has 0 unspecified atom stereocenters. The molecule has 0 saturated carbocycles. The Hall–Kier alpha value is -1.40. The van der Waals surface area contributed by atoms with Crippen molar-refractivity contribution in [2.45, 2.75) is 30.5 Å². The van der Waals surface area contributed by atoms with Gasteiger partial charge in [-0.15, -0.1) is 0 Å². The van der Waals surface area contributed by atoms with Gasteiger partial charge >= 0.3 is 0 Å². The number of aromatic amines is 1. The van der Waals surface area contributed by atoms with Gasteiger partial charge in [-0.3, -0.25) is 10.1 Å². The molecule has 0 bridgehead atoms. The third kappa shape index (κ3) is 2.37. The van der Waals surface area contributed by atoms with Crippen LogP contribution in [0.2, 0.25) is 5.02 Å². The Bertz CT molecular complexity index is 702. The Labute approximate surface area is 116 Å². The number of nitrogens with one attached hydrogen (secondary N) is 1. The number of nitrogens with zero attached hydrogens (tertiary/aromatic N) is 2. The smallest absolute Gasteiger partial charge is 0.200 e. The van der Waals surface area contributed by atoms with Crippen molar-refractivity contribution in [3.8, 4) is 11.3 Å². The monoisotopic (exact) mass is 299 g/mol. The van der Waals surface area contributed by atoms with Gasteiger partial charge in [-0.05, 0) is 32.9 Å². The molecule has 0 amide bonds. The number of H-pyrrole nitrogens is 1. The first kappa shape index (κ1) is 14.0. The molecule has 19 heavy (non-hydrogen) atoms. The van der Waals surface area contributed by atoms with E-state index in [1.807, 2.05) is 0 Å². The fourth-order valence-electron chi connectivity index (χ4n) is 1.54. The summed E-state index contributed by atoms with van der Waals surface area (Å²) in [6, 6.07) is 3.34. The van der Waals surface area contributed by atoms with Gasteiger partial charge in [0.05, 0.1) is 27.2 Å². The van der Waals surface area contributed by atoms with E-state index in [0.29, 0.717) is 16.3 Å². The van der Waals surface area contributed by atoms with Crippen LogP contribution in [0.5, 0.6) is 0 Å². The zero-order valence-corrected chi connectivity index (χ0v) is 12.4. The second-order valence-corrected chi connectivity index (χ2v) is 8.11. The van der Waals surface area contributed by atoms with Gasteiger partial charge < -0.3 is 0 Å². The van der Waals surface area contributed by atoms with Crippen LogP contribution < -0.4 is 0 Å². The first-order valence-electron chi connectivity index (χ1n) is 5.64. The highest BCUT2D eigenvalue weighted by Gasteiger charge is 2.35. The molecule has 1 N–H and O–H groups in total. The zero-order chi connectivity index (χ0) is 14.3. The first-order valence-corrected chi connectivity index (χ1v) is 7.50. The van der Waals surface area contributed by atoms with Crippen LogP contribution in [0.15, 0.2) is 29.6 Å². The van der Waals surface area contributed by atoms with Crippen LogP contribution in [0.3, 0.4) is 0 Å². The quantitative estimate of drug-likeness (QED) is 0.925. The van der Waals surface area contributed by atoms with Gasteiger partial charge in [-0.2, -0.15) is 5.10 Å². The van der Waals surface area contributed by atoms with E-state index in [1.54, 1.807) is 39.1 Å². The molecule has 0 saturated heterocycles. The summed E-state index contributed by atoms with van der Waals surface area (Å²) in [7, 11) is -3.55. The summed E-state index contributed by atoms with van der Waals surface area (Å²) in [5, 5.41) is 6.78. The molecule has 0 aliphatic rings. The number of halogens is 1. The highest BCUT2D eigenvalue weighted by molar-refractivity contribution is 7.92. The number of rotatable bonds is 2. The molecule has 2 rings (SSSR count). The molecular weight excluding hydrogens is 286 g/mol. The molecule has 0 atom stereocenters. The molecule has 7 heteroatoms.